The Morgan fingerprint density at radius 2 is 0.621 bits per heavy atom. The standard InChI is InChI=1S/C85H106F2Ge4O4/c1-52-36-60(86)44-72(70-40-58(84(9,10)50-82(3,4)5)42-74(78(70)92)76-66-46-62(88(13,14)15)30-26-54(66)38-55-27-31-63(47-67(55)76)89(16,17)18)80(52)94-34-25-35-95-81-53(2)37-61(87)45-73(81)71-41-59(85(11,12)51-83(6,7)8)43-75(79(71)93)77-68-48-64(90(19,20)21)32-28-56(68)39-57-29-33-65(49-69(57)77)91(22,23)24/h26-33,36-49,92-93H,25,34-35,50-51H2,1-24H3. The first-order chi connectivity index (χ1) is 43.8. The number of benzene rings is 10. The van der Waals surface area contributed by atoms with Gasteiger partial charge in [-0.15, -0.1) is 0 Å². The second-order valence-corrected chi connectivity index (χ2v) is 78.2. The van der Waals surface area contributed by atoms with Crippen molar-refractivity contribution >= 4 is 114 Å². The molecule has 10 rings (SSSR count). The molecular formula is C85H106F2Ge4O4. The minimum absolute atomic E-state index is 0.0336. The van der Waals surface area contributed by atoms with Crippen molar-refractivity contribution < 1.29 is 28.5 Å². The van der Waals surface area contributed by atoms with Crippen LogP contribution in [0.5, 0.6) is 23.0 Å². The first kappa shape index (κ1) is 72.2. The normalized spacial score (nSPS) is 13.2. The van der Waals surface area contributed by atoms with E-state index in [-0.39, 0.29) is 46.4 Å². The van der Waals surface area contributed by atoms with Crippen molar-refractivity contribution in [2.45, 2.75) is 182 Å². The molecule has 10 heteroatoms. The zero-order chi connectivity index (χ0) is 69.8. The van der Waals surface area contributed by atoms with Gasteiger partial charge in [0.25, 0.3) is 0 Å². The molecule has 500 valence electrons. The summed E-state index contributed by atoms with van der Waals surface area (Å²) in [4.78, 5) is 0. The average molecular weight is 1520 g/mol. The van der Waals surface area contributed by atoms with E-state index in [1.165, 1.54) is 41.8 Å². The number of hydrogen-bond donors (Lipinski definition) is 2. The number of rotatable bonds is 18. The molecular weight excluding hydrogens is 1410 g/mol. The summed E-state index contributed by atoms with van der Waals surface area (Å²) in [5.74, 6) is 29.4. The van der Waals surface area contributed by atoms with Crippen LogP contribution in [0.3, 0.4) is 0 Å². The van der Waals surface area contributed by atoms with E-state index in [0.29, 0.717) is 51.3 Å². The third-order valence-electron chi connectivity index (χ3n) is 19.5. The third-order valence-corrected chi connectivity index (χ3v) is 36.6. The van der Waals surface area contributed by atoms with Gasteiger partial charge in [0.1, 0.15) is 0 Å². The molecule has 10 aromatic rings. The molecule has 95 heavy (non-hydrogen) atoms. The molecule has 0 fully saturated rings. The van der Waals surface area contributed by atoms with E-state index in [1.807, 2.05) is 13.8 Å². The number of fused-ring (bicyclic) bond motifs is 4. The topological polar surface area (TPSA) is 58.9 Å². The van der Waals surface area contributed by atoms with Gasteiger partial charge in [-0.3, -0.25) is 0 Å². The molecule has 0 atom stereocenters. The van der Waals surface area contributed by atoms with Crippen molar-refractivity contribution in [2.75, 3.05) is 13.2 Å². The van der Waals surface area contributed by atoms with Crippen molar-refractivity contribution in [2.24, 2.45) is 10.8 Å². The predicted octanol–water partition coefficient (Wildman–Crippen LogP) is 22.7. The van der Waals surface area contributed by atoms with Crippen LogP contribution in [0.1, 0.15) is 111 Å². The fourth-order valence-electron chi connectivity index (χ4n) is 15.0. The van der Waals surface area contributed by atoms with Gasteiger partial charge in [-0.1, -0.05) is 0 Å². The summed E-state index contributed by atoms with van der Waals surface area (Å²) in [6.07, 6.45) is 2.12. The molecule has 0 aliphatic heterocycles. The summed E-state index contributed by atoms with van der Waals surface area (Å²) in [7, 11) is 0. The SMILES string of the molecule is Cc1cc(F)cc(-c2cc(C(C)(C)CC(C)(C)C)cc(-c3c4c[c]([Ge]([CH3])([CH3])[CH3])ccc4cc4cc[c]([Ge]([CH3])([CH3])[CH3])cc34)c2O)c1OCCCOc1c(C)cc(F)cc1-c1cc(C(C)(C)CC(C)(C)C)cc(-c2c3c[c]([Ge]([CH3])([CH3])[CH3])ccc3cc3cc[c]([Ge]([CH3])([CH3])[CH3])cc23)c1O. The van der Waals surface area contributed by atoms with E-state index in [0.717, 1.165) is 89.3 Å². The van der Waals surface area contributed by atoms with E-state index < -0.39 is 64.7 Å². The molecule has 0 heterocycles. The number of phenolic OH excluding ortho intramolecular Hbond substituents is 2. The van der Waals surface area contributed by atoms with Crippen molar-refractivity contribution in [3.63, 3.8) is 0 Å². The summed E-state index contributed by atoms with van der Waals surface area (Å²) >= 11 is -9.59. The Labute approximate surface area is 578 Å². The zero-order valence-corrected chi connectivity index (χ0v) is 70.1. The molecule has 0 radical (unpaired) electrons. The summed E-state index contributed by atoms with van der Waals surface area (Å²) in [6, 6.07) is 47.1. The van der Waals surface area contributed by atoms with Crippen LogP contribution >= 0.6 is 0 Å². The molecule has 0 spiro atoms. The molecule has 0 aromatic heterocycles. The van der Waals surface area contributed by atoms with Crippen LogP contribution in [0.25, 0.3) is 87.6 Å². The molecule has 10 aromatic carbocycles. The maximum atomic E-state index is 16.4. The molecule has 0 bridgehead atoms. The summed E-state index contributed by atoms with van der Waals surface area (Å²) in [5.41, 5.74) is 7.89. The molecule has 0 aliphatic rings. The van der Waals surface area contributed by atoms with Gasteiger partial charge in [-0.05, 0) is 0 Å². The van der Waals surface area contributed by atoms with E-state index in [2.05, 4.69) is 248 Å². The minimum atomic E-state index is -2.40. The third kappa shape index (κ3) is 15.5. The quantitative estimate of drug-likeness (QED) is 0.0511. The van der Waals surface area contributed by atoms with Crippen LogP contribution in [0, 0.1) is 36.3 Å². The number of aromatic hydroxyl groups is 2. The van der Waals surface area contributed by atoms with Gasteiger partial charge in [0.2, 0.25) is 0 Å². The number of phenols is 2. The average Bonchev–Trinajstić information content (AvgIpc) is 0.737. The Morgan fingerprint density at radius 3 is 0.884 bits per heavy atom. The van der Waals surface area contributed by atoms with E-state index in [9.17, 15) is 10.2 Å². The van der Waals surface area contributed by atoms with Crippen molar-refractivity contribution in [1.82, 2.24) is 0 Å². The number of ether oxygens (including phenoxy) is 2. The van der Waals surface area contributed by atoms with Crippen LogP contribution in [-0.2, 0) is 10.8 Å². The predicted molar refractivity (Wildman–Crippen MR) is 419 cm³/mol. The zero-order valence-electron chi connectivity index (χ0n) is 61.7. The van der Waals surface area contributed by atoms with Crippen molar-refractivity contribution in [1.29, 1.82) is 0 Å². The Balaban J connectivity index is 1.09. The van der Waals surface area contributed by atoms with Crippen LogP contribution in [0.4, 0.5) is 8.78 Å². The Hall–Kier alpha value is -5.53. The van der Waals surface area contributed by atoms with Gasteiger partial charge in [0.05, 0.1) is 0 Å². The van der Waals surface area contributed by atoms with Crippen LogP contribution < -0.4 is 27.1 Å². The molecule has 0 unspecified atom stereocenters. The second-order valence-electron chi connectivity index (χ2n) is 35.6. The molecule has 4 nitrogen and oxygen atoms in total. The van der Waals surface area contributed by atoms with Crippen molar-refractivity contribution in [3.8, 4) is 67.5 Å². The molecule has 2 N–H and O–H groups in total. The summed E-state index contributed by atoms with van der Waals surface area (Å²) < 4.78 is 52.1. The molecule has 0 amide bonds. The van der Waals surface area contributed by atoms with E-state index in [4.69, 9.17) is 9.47 Å². The number of halogens is 2. The van der Waals surface area contributed by atoms with Crippen LogP contribution in [-0.4, -0.2) is 76.5 Å². The number of hydrogen-bond acceptors (Lipinski definition) is 4. The van der Waals surface area contributed by atoms with Gasteiger partial charge in [-0.2, -0.15) is 0 Å². The van der Waals surface area contributed by atoms with Gasteiger partial charge < -0.3 is 0 Å². The maximum absolute atomic E-state index is 16.4. The molecule has 0 saturated carbocycles. The van der Waals surface area contributed by atoms with Crippen LogP contribution in [0.2, 0.25) is 69.1 Å². The van der Waals surface area contributed by atoms with E-state index >= 15 is 8.78 Å². The second kappa shape index (κ2) is 26.0. The monoisotopic (exact) mass is 1520 g/mol. The van der Waals surface area contributed by atoms with Gasteiger partial charge in [0, 0.05) is 0 Å². The van der Waals surface area contributed by atoms with Gasteiger partial charge in [-0.25, -0.2) is 0 Å². The first-order valence-corrected chi connectivity index (χ1v) is 63.8. The summed E-state index contributed by atoms with van der Waals surface area (Å²) in [5, 5.41) is 35.6. The Bertz CT molecular complexity index is 4210. The van der Waals surface area contributed by atoms with Crippen LogP contribution in [0.15, 0.2) is 133 Å². The van der Waals surface area contributed by atoms with Gasteiger partial charge in [0.15, 0.2) is 0 Å². The molecule has 0 saturated heterocycles. The fourth-order valence-corrected chi connectivity index (χ4v) is 24.8. The van der Waals surface area contributed by atoms with Crippen molar-refractivity contribution in [3.05, 3.63) is 167 Å². The number of aryl methyl sites for hydroxylation is 2. The Morgan fingerprint density at radius 1 is 0.347 bits per heavy atom. The van der Waals surface area contributed by atoms with Gasteiger partial charge >= 0.3 is 583 Å². The van der Waals surface area contributed by atoms with E-state index in [1.54, 1.807) is 0 Å². The fraction of sp³-hybridized carbons (Fsp3) is 0.388. The molecule has 0 aliphatic carbocycles. The Kier molecular flexibility index (Phi) is 19.7. The first-order valence-electron chi connectivity index (χ1n) is 34.5. The summed E-state index contributed by atoms with van der Waals surface area (Å²) in [6.45, 7) is 26.9.